The number of hydrogen-bond donors (Lipinski definition) is 1. The average molecular weight is 215 g/mol. The molecule has 1 aromatic carbocycles. The molecule has 0 aliphatic carbocycles. The van der Waals surface area contributed by atoms with E-state index in [0.29, 0.717) is 12.8 Å². The molecule has 1 N–H and O–H groups in total. The Balaban J connectivity index is 2.44. The molecule has 0 saturated carbocycles. The van der Waals surface area contributed by atoms with Crippen molar-refractivity contribution in [3.05, 3.63) is 35.9 Å². The molecule has 0 spiro atoms. The molecule has 1 rings (SSSR count). The van der Waals surface area contributed by atoms with Gasteiger partial charge in [0.25, 0.3) is 0 Å². The maximum Gasteiger partial charge on any atom is 0.224 e. The Morgan fingerprint density at radius 1 is 1.44 bits per heavy atom. The predicted octanol–water partition coefficient (Wildman–Crippen LogP) is 2.15. The van der Waals surface area contributed by atoms with Gasteiger partial charge < -0.3 is 5.32 Å². The summed E-state index contributed by atoms with van der Waals surface area (Å²) < 4.78 is 0. The largest absolute Gasteiger partial charge is 0.352 e. The highest BCUT2D eigenvalue weighted by molar-refractivity contribution is 5.78. The minimum Gasteiger partial charge on any atom is -0.352 e. The number of hydrogen-bond acceptors (Lipinski definition) is 1. The van der Waals surface area contributed by atoms with Gasteiger partial charge in [-0.05, 0) is 12.0 Å². The van der Waals surface area contributed by atoms with Crippen molar-refractivity contribution in [2.24, 2.45) is 0 Å². The summed E-state index contributed by atoms with van der Waals surface area (Å²) in [6, 6.07) is 9.79. The number of carbonyl (C=O) groups excluding carboxylic acids is 1. The van der Waals surface area contributed by atoms with Gasteiger partial charge in [-0.25, -0.2) is 0 Å². The van der Waals surface area contributed by atoms with Gasteiger partial charge in [0.05, 0.1) is 6.42 Å². The van der Waals surface area contributed by atoms with Gasteiger partial charge in [-0.3, -0.25) is 4.79 Å². The number of carbonyl (C=O) groups is 1. The Morgan fingerprint density at radius 3 is 2.69 bits per heavy atom. The first kappa shape index (κ1) is 12.3. The molecule has 2 heteroatoms. The van der Waals surface area contributed by atoms with E-state index in [0.717, 1.165) is 12.0 Å². The molecule has 0 radical (unpaired) electrons. The molecule has 84 valence electrons. The first-order valence-electron chi connectivity index (χ1n) is 5.53. The number of benzene rings is 1. The number of rotatable bonds is 5. The summed E-state index contributed by atoms with van der Waals surface area (Å²) in [4.78, 5) is 11.7. The van der Waals surface area contributed by atoms with Crippen LogP contribution in [0.3, 0.4) is 0 Å². The average Bonchev–Trinajstić information content (AvgIpc) is 2.29. The highest BCUT2D eigenvalue weighted by Crippen LogP contribution is 2.01. The van der Waals surface area contributed by atoms with E-state index < -0.39 is 0 Å². The van der Waals surface area contributed by atoms with Gasteiger partial charge in [0.1, 0.15) is 0 Å². The third-order valence-electron chi connectivity index (χ3n) is 2.43. The molecule has 1 aromatic rings. The Hall–Kier alpha value is -1.75. The van der Waals surface area contributed by atoms with Crippen LogP contribution in [0.2, 0.25) is 0 Å². The van der Waals surface area contributed by atoms with Gasteiger partial charge in [-0.2, -0.15) is 0 Å². The van der Waals surface area contributed by atoms with Crippen LogP contribution >= 0.6 is 0 Å². The highest BCUT2D eigenvalue weighted by atomic mass is 16.1. The summed E-state index contributed by atoms with van der Waals surface area (Å²) in [6.45, 7) is 2.02. The standard InChI is InChI=1S/C14H17NO/c1-3-8-13(4-2)15-14(16)11-12-9-6-5-7-10-12/h1,5-7,9-10,13H,4,8,11H2,2H3,(H,15,16). The van der Waals surface area contributed by atoms with Crippen molar-refractivity contribution in [3.63, 3.8) is 0 Å². The lowest BCUT2D eigenvalue weighted by Gasteiger charge is -2.14. The van der Waals surface area contributed by atoms with Crippen LogP contribution in [0.15, 0.2) is 30.3 Å². The molecule has 2 nitrogen and oxygen atoms in total. The van der Waals surface area contributed by atoms with Gasteiger partial charge in [-0.1, -0.05) is 37.3 Å². The first-order valence-corrected chi connectivity index (χ1v) is 5.53. The minimum atomic E-state index is 0.0355. The second-order valence-corrected chi connectivity index (χ2v) is 3.74. The second-order valence-electron chi connectivity index (χ2n) is 3.74. The van der Waals surface area contributed by atoms with Crippen molar-refractivity contribution in [2.45, 2.75) is 32.2 Å². The van der Waals surface area contributed by atoms with Crippen LogP contribution in [-0.2, 0) is 11.2 Å². The van der Waals surface area contributed by atoms with Crippen LogP contribution in [0.1, 0.15) is 25.3 Å². The summed E-state index contributed by atoms with van der Waals surface area (Å²) >= 11 is 0. The molecule has 0 bridgehead atoms. The molecule has 1 atom stereocenters. The van der Waals surface area contributed by atoms with E-state index in [4.69, 9.17) is 6.42 Å². The zero-order valence-electron chi connectivity index (χ0n) is 9.57. The van der Waals surface area contributed by atoms with Crippen LogP contribution in [0.4, 0.5) is 0 Å². The predicted molar refractivity (Wildman–Crippen MR) is 65.8 cm³/mol. The summed E-state index contributed by atoms with van der Waals surface area (Å²) in [5, 5.41) is 2.93. The van der Waals surface area contributed by atoms with Crippen molar-refractivity contribution in [2.75, 3.05) is 0 Å². The van der Waals surface area contributed by atoms with Crippen LogP contribution in [-0.4, -0.2) is 11.9 Å². The lowest BCUT2D eigenvalue weighted by Crippen LogP contribution is -2.35. The van der Waals surface area contributed by atoms with E-state index in [2.05, 4.69) is 11.2 Å². The van der Waals surface area contributed by atoms with Gasteiger partial charge in [0, 0.05) is 12.5 Å². The summed E-state index contributed by atoms with van der Waals surface area (Å²) in [5.74, 6) is 2.61. The summed E-state index contributed by atoms with van der Waals surface area (Å²) in [6.07, 6.45) is 7.11. The molecule has 1 unspecified atom stereocenters. The molecule has 0 heterocycles. The Kier molecular flexibility index (Phi) is 5.15. The van der Waals surface area contributed by atoms with Crippen molar-refractivity contribution < 1.29 is 4.79 Å². The molecular formula is C14H17NO. The van der Waals surface area contributed by atoms with Crippen molar-refractivity contribution in [3.8, 4) is 12.3 Å². The SMILES string of the molecule is C#CCC(CC)NC(=O)Cc1ccccc1. The first-order chi connectivity index (χ1) is 7.76. The fourth-order valence-corrected chi connectivity index (χ4v) is 1.50. The number of terminal acetylenes is 1. The van der Waals surface area contributed by atoms with Crippen LogP contribution in [0.5, 0.6) is 0 Å². The van der Waals surface area contributed by atoms with Crippen molar-refractivity contribution >= 4 is 5.91 Å². The summed E-state index contributed by atoms with van der Waals surface area (Å²) in [7, 11) is 0. The third kappa shape index (κ3) is 4.18. The third-order valence-corrected chi connectivity index (χ3v) is 2.43. The fourth-order valence-electron chi connectivity index (χ4n) is 1.50. The molecular weight excluding hydrogens is 198 g/mol. The van der Waals surface area contributed by atoms with Crippen LogP contribution < -0.4 is 5.32 Å². The summed E-state index contributed by atoms with van der Waals surface area (Å²) in [5.41, 5.74) is 1.02. The van der Waals surface area contributed by atoms with E-state index in [1.54, 1.807) is 0 Å². The molecule has 0 aromatic heterocycles. The lowest BCUT2D eigenvalue weighted by molar-refractivity contribution is -0.121. The second kappa shape index (κ2) is 6.68. The molecule has 0 fully saturated rings. The van der Waals surface area contributed by atoms with Gasteiger partial charge >= 0.3 is 0 Å². The normalized spacial score (nSPS) is 11.5. The van der Waals surface area contributed by atoms with E-state index >= 15 is 0 Å². The molecule has 0 aliphatic rings. The lowest BCUT2D eigenvalue weighted by atomic mass is 10.1. The number of nitrogens with one attached hydrogen (secondary N) is 1. The van der Waals surface area contributed by atoms with E-state index in [-0.39, 0.29) is 11.9 Å². The highest BCUT2D eigenvalue weighted by Gasteiger charge is 2.09. The van der Waals surface area contributed by atoms with Crippen LogP contribution in [0.25, 0.3) is 0 Å². The fraction of sp³-hybridized carbons (Fsp3) is 0.357. The van der Waals surface area contributed by atoms with E-state index in [1.807, 2.05) is 37.3 Å². The Labute approximate surface area is 97.1 Å². The van der Waals surface area contributed by atoms with Gasteiger partial charge in [-0.15, -0.1) is 12.3 Å². The minimum absolute atomic E-state index is 0.0355. The molecule has 0 saturated heterocycles. The van der Waals surface area contributed by atoms with Crippen LogP contribution in [0, 0.1) is 12.3 Å². The maximum absolute atomic E-state index is 11.7. The topological polar surface area (TPSA) is 29.1 Å². The molecule has 0 aliphatic heterocycles. The van der Waals surface area contributed by atoms with Crippen molar-refractivity contribution in [1.29, 1.82) is 0 Å². The Bertz CT molecular complexity index is 364. The smallest absolute Gasteiger partial charge is 0.224 e. The Morgan fingerprint density at radius 2 is 2.12 bits per heavy atom. The van der Waals surface area contributed by atoms with E-state index in [9.17, 15) is 4.79 Å². The monoisotopic (exact) mass is 215 g/mol. The molecule has 1 amide bonds. The van der Waals surface area contributed by atoms with Gasteiger partial charge in [0.15, 0.2) is 0 Å². The number of amides is 1. The van der Waals surface area contributed by atoms with Crippen molar-refractivity contribution in [1.82, 2.24) is 5.32 Å². The maximum atomic E-state index is 11.7. The zero-order chi connectivity index (χ0) is 11.8. The quantitative estimate of drug-likeness (QED) is 0.749. The zero-order valence-corrected chi connectivity index (χ0v) is 9.57. The van der Waals surface area contributed by atoms with E-state index in [1.165, 1.54) is 0 Å². The molecule has 16 heavy (non-hydrogen) atoms. The van der Waals surface area contributed by atoms with Gasteiger partial charge in [0.2, 0.25) is 5.91 Å².